The number of H-pyrrole nitrogens is 1. The van der Waals surface area contributed by atoms with Crippen LogP contribution in [0.3, 0.4) is 0 Å². The third-order valence-electron chi connectivity index (χ3n) is 6.30. The maximum absolute atomic E-state index is 13.5. The molecule has 0 amide bonds. The molecule has 2 aliphatic rings. The topological polar surface area (TPSA) is 118 Å². The maximum Gasteiger partial charge on any atom is 0.423 e. The Labute approximate surface area is 210 Å². The van der Waals surface area contributed by atoms with E-state index in [0.29, 0.717) is 44.1 Å². The van der Waals surface area contributed by atoms with Gasteiger partial charge in [-0.05, 0) is 12.8 Å². The highest BCUT2D eigenvalue weighted by atomic mass is 19.4. The normalized spacial score (nSPS) is 18.2. The Morgan fingerprint density at radius 3 is 2.50 bits per heavy atom. The Bertz CT molecular complexity index is 1340. The van der Waals surface area contributed by atoms with Crippen LogP contribution in [0.15, 0.2) is 23.4 Å². The van der Waals surface area contributed by atoms with Gasteiger partial charge in [-0.3, -0.25) is 4.79 Å². The Morgan fingerprint density at radius 2 is 1.79 bits per heavy atom. The highest BCUT2D eigenvalue weighted by Gasteiger charge is 2.40. The third-order valence-corrected chi connectivity index (χ3v) is 6.30. The number of aromatic nitrogens is 7. The number of ether oxygens (including phenoxy) is 1. The first-order valence-electron chi connectivity index (χ1n) is 11.6. The van der Waals surface area contributed by atoms with Crippen molar-refractivity contribution in [1.82, 2.24) is 34.9 Å². The first-order valence-corrected chi connectivity index (χ1v) is 11.6. The lowest BCUT2D eigenvalue weighted by Crippen LogP contribution is -2.37. The largest absolute Gasteiger partial charge is 0.423 e. The van der Waals surface area contributed by atoms with Gasteiger partial charge >= 0.3 is 12.4 Å². The molecule has 5 rings (SSSR count). The van der Waals surface area contributed by atoms with Gasteiger partial charge in [-0.25, -0.2) is 24.7 Å². The zero-order valence-electron chi connectivity index (χ0n) is 19.6. The van der Waals surface area contributed by atoms with Crippen molar-refractivity contribution < 1.29 is 31.1 Å². The zero-order chi connectivity index (χ0) is 27.1. The molecule has 3 aromatic heterocycles. The summed E-state index contributed by atoms with van der Waals surface area (Å²) in [6.45, 7) is 1.44. The van der Waals surface area contributed by atoms with E-state index in [2.05, 4.69) is 25.1 Å². The fourth-order valence-electron chi connectivity index (χ4n) is 4.54. The number of halogens is 6. The number of hydrogen-bond donors (Lipinski definition) is 1. The molecule has 11 nitrogen and oxygen atoms in total. The summed E-state index contributed by atoms with van der Waals surface area (Å²) in [7, 11) is 0. The lowest BCUT2D eigenvalue weighted by atomic mass is 10.2. The third kappa shape index (κ3) is 5.27. The van der Waals surface area contributed by atoms with Crippen LogP contribution in [0.5, 0.6) is 0 Å². The van der Waals surface area contributed by atoms with Gasteiger partial charge in [0.2, 0.25) is 5.95 Å². The molecular formula is C21H21F6N9O2. The molecule has 1 N–H and O–H groups in total. The van der Waals surface area contributed by atoms with Gasteiger partial charge in [-0.2, -0.15) is 36.5 Å². The Hall–Kier alpha value is -3.76. The van der Waals surface area contributed by atoms with Crippen LogP contribution in [-0.2, 0) is 36.8 Å². The van der Waals surface area contributed by atoms with E-state index < -0.39 is 35.1 Å². The van der Waals surface area contributed by atoms with Crippen molar-refractivity contribution in [3.05, 3.63) is 51.7 Å². The highest BCUT2D eigenvalue weighted by Crippen LogP contribution is 2.36. The van der Waals surface area contributed by atoms with E-state index in [-0.39, 0.29) is 31.4 Å². The Kier molecular flexibility index (Phi) is 6.70. The first kappa shape index (κ1) is 25.9. The molecule has 204 valence electrons. The molecule has 5 heterocycles. The Balaban J connectivity index is 1.20. The maximum atomic E-state index is 13.5. The van der Waals surface area contributed by atoms with Crippen molar-refractivity contribution in [2.45, 2.75) is 50.9 Å². The molecule has 38 heavy (non-hydrogen) atoms. The number of fused-ring (bicyclic) bond motifs is 1. The van der Waals surface area contributed by atoms with Crippen molar-refractivity contribution in [3.63, 3.8) is 0 Å². The lowest BCUT2D eigenvalue weighted by molar-refractivity contribution is -0.139. The van der Waals surface area contributed by atoms with Crippen molar-refractivity contribution in [2.24, 2.45) is 0 Å². The van der Waals surface area contributed by atoms with Crippen LogP contribution in [-0.4, -0.2) is 60.7 Å². The van der Waals surface area contributed by atoms with Crippen molar-refractivity contribution >= 4 is 11.6 Å². The molecule has 0 spiro atoms. The van der Waals surface area contributed by atoms with E-state index in [1.165, 1.54) is 4.90 Å². The average molecular weight is 545 g/mol. The summed E-state index contributed by atoms with van der Waals surface area (Å²) in [6.07, 6.45) is -5.71. The van der Waals surface area contributed by atoms with Crippen molar-refractivity contribution in [2.75, 3.05) is 29.5 Å². The molecule has 0 saturated carbocycles. The number of nitrogens with one attached hydrogen (secondary N) is 1. The smallest absolute Gasteiger partial charge is 0.371 e. The second-order valence-electron chi connectivity index (χ2n) is 8.82. The fraction of sp³-hybridized carbons (Fsp3) is 0.524. The predicted molar refractivity (Wildman–Crippen MR) is 118 cm³/mol. The van der Waals surface area contributed by atoms with Gasteiger partial charge in [0, 0.05) is 25.5 Å². The quantitative estimate of drug-likeness (QED) is 0.466. The molecule has 1 atom stereocenters. The molecule has 1 fully saturated rings. The number of alkyl halides is 6. The number of nitrogens with zero attached hydrogens (tertiary/aromatic N) is 8. The van der Waals surface area contributed by atoms with E-state index in [4.69, 9.17) is 4.74 Å². The van der Waals surface area contributed by atoms with E-state index >= 15 is 0 Å². The van der Waals surface area contributed by atoms with Crippen LogP contribution in [0.25, 0.3) is 0 Å². The van der Waals surface area contributed by atoms with Crippen LogP contribution < -0.4 is 15.4 Å². The summed E-state index contributed by atoms with van der Waals surface area (Å²) in [4.78, 5) is 27.0. The zero-order valence-corrected chi connectivity index (χ0v) is 19.6. The summed E-state index contributed by atoms with van der Waals surface area (Å²) >= 11 is 0. The van der Waals surface area contributed by atoms with Gasteiger partial charge in [0.1, 0.15) is 18.0 Å². The van der Waals surface area contributed by atoms with E-state index in [9.17, 15) is 31.1 Å². The molecule has 0 bridgehead atoms. The fourth-order valence-corrected chi connectivity index (χ4v) is 4.54. The van der Waals surface area contributed by atoms with Gasteiger partial charge < -0.3 is 14.5 Å². The summed E-state index contributed by atoms with van der Waals surface area (Å²) in [6, 6.07) is -0.399. The second-order valence-corrected chi connectivity index (χ2v) is 8.82. The minimum Gasteiger partial charge on any atom is -0.371 e. The number of rotatable bonds is 6. The van der Waals surface area contributed by atoms with Crippen LogP contribution in [0, 0.1) is 0 Å². The summed E-state index contributed by atoms with van der Waals surface area (Å²) in [5.41, 5.74) is -3.81. The van der Waals surface area contributed by atoms with Crippen LogP contribution in [0.4, 0.5) is 38.0 Å². The van der Waals surface area contributed by atoms with Crippen LogP contribution >= 0.6 is 0 Å². The predicted octanol–water partition coefficient (Wildman–Crippen LogP) is 2.39. The van der Waals surface area contributed by atoms with Gasteiger partial charge in [0.05, 0.1) is 43.2 Å². The molecule has 2 aliphatic heterocycles. The van der Waals surface area contributed by atoms with Crippen LogP contribution in [0.2, 0.25) is 0 Å². The summed E-state index contributed by atoms with van der Waals surface area (Å²) in [5, 5.41) is 9.75. The van der Waals surface area contributed by atoms with E-state index in [1.54, 1.807) is 9.58 Å². The molecule has 3 aromatic rings. The van der Waals surface area contributed by atoms with E-state index in [0.717, 1.165) is 18.6 Å². The van der Waals surface area contributed by atoms with E-state index in [1.807, 2.05) is 5.10 Å². The van der Waals surface area contributed by atoms with Crippen LogP contribution in [0.1, 0.15) is 35.6 Å². The van der Waals surface area contributed by atoms with Gasteiger partial charge in [-0.1, -0.05) is 0 Å². The van der Waals surface area contributed by atoms with Crippen molar-refractivity contribution in [1.29, 1.82) is 0 Å². The summed E-state index contributed by atoms with van der Waals surface area (Å²) < 4.78 is 86.1. The molecule has 0 aromatic carbocycles. The molecular weight excluding hydrogens is 524 g/mol. The van der Waals surface area contributed by atoms with Gasteiger partial charge in [0.15, 0.2) is 5.82 Å². The molecule has 0 radical (unpaired) electrons. The SMILES string of the molecule is O=c1[nH]ncc(N2CCCC2COCc2nc3n(n2)CCN(c2ncc(C(F)(F)F)cn2)C3)c1C(F)(F)F. The minimum absolute atomic E-state index is 0.000864. The number of anilines is 2. The highest BCUT2D eigenvalue weighted by molar-refractivity contribution is 5.54. The van der Waals surface area contributed by atoms with Gasteiger partial charge in [-0.15, -0.1) is 0 Å². The molecule has 17 heteroatoms. The molecule has 0 aliphatic carbocycles. The van der Waals surface area contributed by atoms with Crippen molar-refractivity contribution in [3.8, 4) is 0 Å². The molecule has 1 saturated heterocycles. The number of aromatic amines is 1. The number of hydrogen-bond acceptors (Lipinski definition) is 9. The standard InChI is InChI=1S/C21H21F6N9O2/c22-20(23,24)12-6-28-19(29-7-12)34-4-5-36-16(9-34)31-15(33-36)11-38-10-13-2-1-3-35(13)14-8-30-32-18(37)17(14)21(25,26)27/h6-8,13H,1-5,9-11H2,(H,32,37). The molecule has 1 unspecified atom stereocenters. The Morgan fingerprint density at radius 1 is 1.03 bits per heavy atom. The first-order chi connectivity index (χ1) is 18.0. The average Bonchev–Trinajstić information content (AvgIpc) is 3.49. The van der Waals surface area contributed by atoms with Gasteiger partial charge in [0.25, 0.3) is 5.56 Å². The lowest BCUT2D eigenvalue weighted by Gasteiger charge is -2.28. The second kappa shape index (κ2) is 9.85. The summed E-state index contributed by atoms with van der Waals surface area (Å²) in [5.74, 6) is 1.04. The minimum atomic E-state index is -4.83. The monoisotopic (exact) mass is 545 g/mol.